The number of carbonyl (C=O) groups excluding carboxylic acids is 1. The molecule has 0 saturated heterocycles. The fourth-order valence-corrected chi connectivity index (χ4v) is 3.32. The van der Waals surface area contributed by atoms with Crippen molar-refractivity contribution in [2.45, 2.75) is 6.92 Å². The van der Waals surface area contributed by atoms with Crippen molar-refractivity contribution in [2.75, 3.05) is 0 Å². The van der Waals surface area contributed by atoms with Gasteiger partial charge in [-0.1, -0.05) is 17.7 Å². The summed E-state index contributed by atoms with van der Waals surface area (Å²) in [6.45, 7) is 1.73. The zero-order valence-corrected chi connectivity index (χ0v) is 15.8. The van der Waals surface area contributed by atoms with E-state index in [0.29, 0.717) is 22.1 Å². The Hall–Kier alpha value is -3.45. The number of aromatic nitrogens is 4. The number of aromatic amines is 1. The Morgan fingerprint density at radius 1 is 1.11 bits per heavy atom. The number of aryl methyl sites for hydroxylation is 2. The van der Waals surface area contributed by atoms with Crippen molar-refractivity contribution in [3.63, 3.8) is 0 Å². The van der Waals surface area contributed by atoms with E-state index >= 15 is 0 Å². The van der Waals surface area contributed by atoms with E-state index in [0.717, 1.165) is 0 Å². The number of halogens is 1. The highest BCUT2D eigenvalue weighted by molar-refractivity contribution is 6.30. The molecule has 1 N–H and O–H groups in total. The predicted octanol–water partition coefficient (Wildman–Crippen LogP) is 2.61. The molecule has 0 atom stereocenters. The molecular weight excluding hydrogens is 380 g/mol. The summed E-state index contributed by atoms with van der Waals surface area (Å²) in [7, 11) is 1.52. The lowest BCUT2D eigenvalue weighted by molar-refractivity contribution is 0.103. The summed E-state index contributed by atoms with van der Waals surface area (Å²) in [6, 6.07) is 11.5. The maximum atomic E-state index is 13.1. The van der Waals surface area contributed by atoms with Crippen LogP contribution in [0.3, 0.4) is 0 Å². The molecule has 4 rings (SSSR count). The minimum absolute atomic E-state index is 0.0112. The van der Waals surface area contributed by atoms with Gasteiger partial charge in [-0.15, -0.1) is 0 Å². The number of rotatable bonds is 3. The topological polar surface area (TPSA) is 89.8 Å². The minimum Gasteiger partial charge on any atom is -0.302 e. The number of fused-ring (bicyclic) bond motifs is 1. The highest BCUT2D eigenvalue weighted by Gasteiger charge is 2.18. The van der Waals surface area contributed by atoms with E-state index in [1.165, 1.54) is 28.6 Å². The molecule has 0 spiro atoms. The molecule has 2 aromatic carbocycles. The van der Waals surface area contributed by atoms with Gasteiger partial charge in [0.15, 0.2) is 5.78 Å². The van der Waals surface area contributed by atoms with Crippen molar-refractivity contribution in [2.24, 2.45) is 7.05 Å². The van der Waals surface area contributed by atoms with E-state index in [9.17, 15) is 14.4 Å². The lowest BCUT2D eigenvalue weighted by Gasteiger charge is -2.11. The van der Waals surface area contributed by atoms with Gasteiger partial charge in [0, 0.05) is 23.8 Å². The van der Waals surface area contributed by atoms with E-state index in [4.69, 9.17) is 11.6 Å². The summed E-state index contributed by atoms with van der Waals surface area (Å²) in [6.07, 6.45) is 1.35. The van der Waals surface area contributed by atoms with Gasteiger partial charge >= 0.3 is 0 Å². The summed E-state index contributed by atoms with van der Waals surface area (Å²) in [5.41, 5.74) is 0.562. The largest absolute Gasteiger partial charge is 0.302 e. The third-order valence-corrected chi connectivity index (χ3v) is 4.78. The van der Waals surface area contributed by atoms with Gasteiger partial charge in [-0.3, -0.25) is 23.6 Å². The fourth-order valence-electron chi connectivity index (χ4n) is 3.14. The normalized spacial score (nSPS) is 11.1. The van der Waals surface area contributed by atoms with E-state index in [1.54, 1.807) is 43.3 Å². The van der Waals surface area contributed by atoms with Crippen molar-refractivity contribution in [3.05, 3.63) is 91.3 Å². The monoisotopic (exact) mass is 394 g/mol. The first-order valence-corrected chi connectivity index (χ1v) is 8.83. The van der Waals surface area contributed by atoms with Crippen LogP contribution in [-0.4, -0.2) is 25.1 Å². The van der Waals surface area contributed by atoms with Crippen LogP contribution in [0.5, 0.6) is 0 Å². The van der Waals surface area contributed by atoms with Crippen molar-refractivity contribution in [1.29, 1.82) is 0 Å². The van der Waals surface area contributed by atoms with Crippen LogP contribution in [-0.2, 0) is 7.05 Å². The van der Waals surface area contributed by atoms with Crippen LogP contribution in [0, 0.1) is 6.92 Å². The van der Waals surface area contributed by atoms with Gasteiger partial charge in [-0.2, -0.15) is 0 Å². The average molecular weight is 395 g/mol. The number of carbonyl (C=O) groups is 1. The smallest absolute Gasteiger partial charge is 0.277 e. The first kappa shape index (κ1) is 17.9. The Kier molecular flexibility index (Phi) is 4.24. The number of nitrogens with zero attached hydrogens (tertiary/aromatic N) is 3. The molecule has 2 heterocycles. The Morgan fingerprint density at radius 3 is 2.57 bits per heavy atom. The number of H-pyrrole nitrogens is 1. The molecule has 0 aliphatic rings. The van der Waals surface area contributed by atoms with Crippen LogP contribution < -0.4 is 11.1 Å². The van der Waals surface area contributed by atoms with Crippen LogP contribution in [0.25, 0.3) is 16.6 Å². The van der Waals surface area contributed by atoms with Gasteiger partial charge in [0.25, 0.3) is 11.1 Å². The molecule has 0 unspecified atom stereocenters. The predicted molar refractivity (Wildman–Crippen MR) is 107 cm³/mol. The molecule has 8 heteroatoms. The molecule has 0 aliphatic heterocycles. The number of hydrogen-bond donors (Lipinski definition) is 1. The molecule has 0 bridgehead atoms. The molecule has 4 aromatic rings. The van der Waals surface area contributed by atoms with Crippen LogP contribution >= 0.6 is 11.6 Å². The second-order valence-electron chi connectivity index (χ2n) is 6.39. The van der Waals surface area contributed by atoms with Crippen LogP contribution in [0.1, 0.15) is 21.7 Å². The van der Waals surface area contributed by atoms with E-state index in [1.807, 2.05) is 0 Å². The van der Waals surface area contributed by atoms with Gasteiger partial charge in [-0.25, -0.2) is 4.98 Å². The zero-order valence-electron chi connectivity index (χ0n) is 15.1. The number of nitrogens with one attached hydrogen (secondary N) is 1. The zero-order chi connectivity index (χ0) is 20.0. The summed E-state index contributed by atoms with van der Waals surface area (Å²) in [5.74, 6) is 0.0383. The lowest BCUT2D eigenvalue weighted by Crippen LogP contribution is -2.23. The summed E-state index contributed by atoms with van der Waals surface area (Å²) in [5, 5.41) is 3.45. The van der Waals surface area contributed by atoms with Gasteiger partial charge in [-0.05, 0) is 43.3 Å². The summed E-state index contributed by atoms with van der Waals surface area (Å²) < 4.78 is 2.66. The Bertz CT molecular complexity index is 1360. The SMILES string of the molecule is Cc1nc2ccc(C(=O)c3c[nH]n(C)c3=O)cc2c(=O)n1-c1cccc(Cl)c1. The van der Waals surface area contributed by atoms with Crippen LogP contribution in [0.2, 0.25) is 5.02 Å². The third kappa shape index (κ3) is 2.86. The first-order chi connectivity index (χ1) is 13.4. The number of hydrogen-bond acceptors (Lipinski definition) is 4. The number of benzene rings is 2. The van der Waals surface area contributed by atoms with E-state index in [2.05, 4.69) is 10.1 Å². The van der Waals surface area contributed by atoms with Gasteiger partial charge in [0.2, 0.25) is 0 Å². The van der Waals surface area contributed by atoms with Gasteiger partial charge < -0.3 is 5.10 Å². The summed E-state index contributed by atoms with van der Waals surface area (Å²) in [4.78, 5) is 42.4. The standard InChI is InChI=1S/C20H15ClN4O3/c1-11-23-17-7-6-12(18(26)16-10-22-24(2)19(16)27)8-15(17)20(28)25(11)14-5-3-4-13(21)9-14/h3-10,22H,1-2H3. The molecule has 0 saturated carbocycles. The van der Waals surface area contributed by atoms with E-state index < -0.39 is 11.3 Å². The van der Waals surface area contributed by atoms with Crippen molar-refractivity contribution < 1.29 is 4.79 Å². The fraction of sp³-hybridized carbons (Fsp3) is 0.100. The second-order valence-corrected chi connectivity index (χ2v) is 6.83. The molecule has 0 aliphatic carbocycles. The quantitative estimate of drug-likeness (QED) is 0.541. The second kappa shape index (κ2) is 6.61. The van der Waals surface area contributed by atoms with Gasteiger partial charge in [0.05, 0.1) is 16.6 Å². The third-order valence-electron chi connectivity index (χ3n) is 4.55. The lowest BCUT2D eigenvalue weighted by atomic mass is 10.0. The Balaban J connectivity index is 1.92. The van der Waals surface area contributed by atoms with E-state index in [-0.39, 0.29) is 22.1 Å². The van der Waals surface area contributed by atoms with Crippen molar-refractivity contribution >= 4 is 28.3 Å². The van der Waals surface area contributed by atoms with Crippen molar-refractivity contribution in [1.82, 2.24) is 19.3 Å². The van der Waals surface area contributed by atoms with Crippen molar-refractivity contribution in [3.8, 4) is 5.69 Å². The minimum atomic E-state index is -0.460. The van der Waals surface area contributed by atoms with Crippen LogP contribution in [0.4, 0.5) is 0 Å². The Labute approximate surface area is 163 Å². The molecular formula is C20H15ClN4O3. The summed E-state index contributed by atoms with van der Waals surface area (Å²) >= 11 is 6.05. The molecule has 0 fully saturated rings. The molecule has 140 valence electrons. The maximum absolute atomic E-state index is 13.1. The molecule has 0 radical (unpaired) electrons. The number of ketones is 1. The molecule has 2 aromatic heterocycles. The molecule has 0 amide bonds. The van der Waals surface area contributed by atoms with Crippen LogP contribution in [0.15, 0.2) is 58.3 Å². The highest BCUT2D eigenvalue weighted by Crippen LogP contribution is 2.18. The highest BCUT2D eigenvalue weighted by atomic mass is 35.5. The average Bonchev–Trinajstić information content (AvgIpc) is 3.00. The first-order valence-electron chi connectivity index (χ1n) is 8.45. The molecule has 7 nitrogen and oxygen atoms in total. The molecule has 28 heavy (non-hydrogen) atoms. The van der Waals surface area contributed by atoms with Gasteiger partial charge in [0.1, 0.15) is 11.4 Å². The maximum Gasteiger partial charge on any atom is 0.277 e. The Morgan fingerprint density at radius 2 is 1.89 bits per heavy atom.